The van der Waals surface area contributed by atoms with Gasteiger partial charge in [0.1, 0.15) is 17.9 Å². The van der Waals surface area contributed by atoms with Crippen LogP contribution in [0.3, 0.4) is 0 Å². The van der Waals surface area contributed by atoms with E-state index in [1.165, 1.54) is 22.4 Å². The van der Waals surface area contributed by atoms with Crippen molar-refractivity contribution >= 4 is 51.6 Å². The third-order valence-corrected chi connectivity index (χ3v) is 19.1. The number of likely N-dealkylation sites (tertiary alicyclic amines) is 3. The zero-order valence-corrected chi connectivity index (χ0v) is 45.7. The summed E-state index contributed by atoms with van der Waals surface area (Å²) in [5.74, 6) is 0.910. The van der Waals surface area contributed by atoms with E-state index in [0.29, 0.717) is 41.4 Å². The van der Waals surface area contributed by atoms with Crippen LogP contribution in [0.2, 0.25) is 5.02 Å². The molecule has 2 saturated carbocycles. The summed E-state index contributed by atoms with van der Waals surface area (Å²) in [7, 11) is 0. The van der Waals surface area contributed by atoms with Gasteiger partial charge in [0.25, 0.3) is 5.56 Å². The zero-order valence-electron chi connectivity index (χ0n) is 44.1. The van der Waals surface area contributed by atoms with Crippen LogP contribution in [0, 0.1) is 12.3 Å². The summed E-state index contributed by atoms with van der Waals surface area (Å²) >= 11 is 8.24. The Bertz CT molecular complexity index is 3250. The number of thiazole rings is 1. The van der Waals surface area contributed by atoms with E-state index in [9.17, 15) is 24.3 Å². The Kier molecular flexibility index (Phi) is 13.6. The maximum absolute atomic E-state index is 14.6. The van der Waals surface area contributed by atoms with Gasteiger partial charge in [-0.1, -0.05) is 99.3 Å². The Balaban J connectivity index is 0.718. The normalized spacial score (nSPS) is 22.0. The van der Waals surface area contributed by atoms with Gasteiger partial charge in [0, 0.05) is 44.2 Å². The molecule has 2 N–H and O–H groups in total. The number of fused-ring (bicyclic) bond motifs is 7. The minimum atomic E-state index is -0.937. The molecule has 3 aromatic carbocycles. The topological polar surface area (TPSA) is 172 Å². The SMILES string of the molecule is Cc1ncsc1-c1ccc([C@H](CC(=O)N2CCC(N3CCC(c4ccc5c(c4)-n4c(nc(=O)c6c(Cl)cccc64)C54CCCCC4)CC3)CC2)NC(=O)[C@@H]2C[C@@H](O)CN2C(=O)[C@@H](n2cc(C3CC3)nn2)C(C)(C)C)cc1. The lowest BCUT2D eigenvalue weighted by molar-refractivity contribution is -0.144. The maximum Gasteiger partial charge on any atom is 0.282 e. The summed E-state index contributed by atoms with van der Waals surface area (Å²) in [6, 6.07) is 18.8. The number of carbonyl (C=O) groups excluding carboxylic acids is 3. The third-order valence-electron chi connectivity index (χ3n) is 17.8. The molecule has 0 bridgehead atoms. The molecule has 6 aliphatic rings. The Morgan fingerprint density at radius 2 is 1.67 bits per heavy atom. The van der Waals surface area contributed by atoms with Gasteiger partial charge >= 0.3 is 0 Å². The molecule has 76 heavy (non-hydrogen) atoms. The van der Waals surface area contributed by atoms with Gasteiger partial charge in [0.2, 0.25) is 17.7 Å². The molecule has 7 heterocycles. The quantitative estimate of drug-likeness (QED) is 0.128. The third kappa shape index (κ3) is 9.38. The van der Waals surface area contributed by atoms with Gasteiger partial charge in [-0.15, -0.1) is 16.4 Å². The molecule has 0 radical (unpaired) electrons. The standard InChI is InChI=1S/C59H69ClN10O5S/c1-35-52(76-34-61-35)39-15-13-37(14-16-39)45(62-54(73)49-30-42(71)32-68(49)56(75)53(58(2,3)4)69-33-46(64-65-69)38-11-12-38)31-50(72)67-27-21-41(22-28-67)66-25-19-36(20-26-66)40-17-18-43-48(29-40)70-47-10-8-9-44(60)51(47)55(74)63-57(70)59(43)23-6-5-7-24-59/h8-10,13-18,29,33-34,36,38,41-42,45,49,53,71H,5-7,11-12,19-28,30-32H2,1-4H3,(H,62,73)/t42-,45+,49+,53-/m1/s1. The van der Waals surface area contributed by atoms with Gasteiger partial charge in [-0.05, 0) is 123 Å². The number of hydrogen-bond acceptors (Lipinski definition) is 11. The molecule has 398 valence electrons. The molecule has 3 amide bonds. The predicted octanol–water partition coefficient (Wildman–Crippen LogP) is 9.17. The number of rotatable bonds is 11. The van der Waals surface area contributed by atoms with Gasteiger partial charge in [-0.2, -0.15) is 4.98 Å². The molecule has 0 unspecified atom stereocenters. The molecule has 3 saturated heterocycles. The first-order chi connectivity index (χ1) is 36.6. The molecular weight excluding hydrogens is 996 g/mol. The minimum Gasteiger partial charge on any atom is -0.391 e. The molecule has 2 aliphatic carbocycles. The number of aliphatic hydroxyl groups excluding tert-OH is 1. The van der Waals surface area contributed by atoms with E-state index in [1.807, 2.05) is 80.7 Å². The lowest BCUT2D eigenvalue weighted by atomic mass is 9.69. The molecule has 6 aromatic rings. The molecule has 17 heteroatoms. The summed E-state index contributed by atoms with van der Waals surface area (Å²) in [5.41, 5.74) is 8.95. The second kappa shape index (κ2) is 20.2. The fourth-order valence-corrected chi connectivity index (χ4v) is 14.7. The van der Waals surface area contributed by atoms with Crippen LogP contribution >= 0.6 is 22.9 Å². The van der Waals surface area contributed by atoms with Crippen molar-refractivity contribution in [2.24, 2.45) is 5.41 Å². The number of halogens is 1. The van der Waals surface area contributed by atoms with Gasteiger partial charge in [0.05, 0.1) is 67.4 Å². The lowest BCUT2D eigenvalue weighted by Gasteiger charge is -2.42. The van der Waals surface area contributed by atoms with Crippen molar-refractivity contribution < 1.29 is 19.5 Å². The highest BCUT2D eigenvalue weighted by Crippen LogP contribution is 2.52. The minimum absolute atomic E-state index is 0.0200. The Morgan fingerprint density at radius 1 is 0.921 bits per heavy atom. The maximum atomic E-state index is 14.6. The number of aryl methyl sites for hydroxylation is 1. The van der Waals surface area contributed by atoms with E-state index in [4.69, 9.17) is 16.6 Å². The molecule has 5 fully saturated rings. The molecule has 15 nitrogen and oxygen atoms in total. The van der Waals surface area contributed by atoms with Crippen LogP contribution in [0.15, 0.2) is 77.2 Å². The monoisotopic (exact) mass is 1060 g/mol. The van der Waals surface area contributed by atoms with E-state index in [2.05, 4.69) is 48.3 Å². The van der Waals surface area contributed by atoms with Crippen LogP contribution in [-0.4, -0.2) is 118 Å². The first-order valence-electron chi connectivity index (χ1n) is 27.7. The number of nitrogens with zero attached hydrogens (tertiary/aromatic N) is 9. The Morgan fingerprint density at radius 3 is 2.37 bits per heavy atom. The largest absolute Gasteiger partial charge is 0.391 e. The molecule has 4 aliphatic heterocycles. The molecular formula is C59H69ClN10O5S. The van der Waals surface area contributed by atoms with Gasteiger partial charge in [-0.25, -0.2) is 9.67 Å². The Hall–Kier alpha value is -5.81. The summed E-state index contributed by atoms with van der Waals surface area (Å²) in [6.45, 7) is 11.1. The van der Waals surface area contributed by atoms with Crippen LogP contribution in [0.4, 0.5) is 0 Å². The van der Waals surface area contributed by atoms with E-state index >= 15 is 0 Å². The predicted molar refractivity (Wildman–Crippen MR) is 294 cm³/mol. The number of piperidine rings is 2. The van der Waals surface area contributed by atoms with Gasteiger partial charge in [-0.3, -0.25) is 23.7 Å². The summed E-state index contributed by atoms with van der Waals surface area (Å²) in [5, 5.41) is 24.0. The molecule has 3 aromatic heterocycles. The molecule has 12 rings (SSSR count). The summed E-state index contributed by atoms with van der Waals surface area (Å²) in [6.07, 6.45) is 12.4. The fraction of sp³-hybridized carbons (Fsp3) is 0.525. The van der Waals surface area contributed by atoms with Crippen molar-refractivity contribution in [2.75, 3.05) is 32.7 Å². The number of nitrogens with one attached hydrogen (secondary N) is 1. The number of amides is 3. The number of benzene rings is 3. The van der Waals surface area contributed by atoms with Crippen LogP contribution in [0.1, 0.15) is 162 Å². The lowest BCUT2D eigenvalue weighted by Crippen LogP contribution is -2.51. The number of β-amino-alcohol motifs (C(OH)–C–C–N with tert-alkyl or cyclic N) is 1. The van der Waals surface area contributed by atoms with Crippen LogP contribution in [-0.2, 0) is 19.8 Å². The van der Waals surface area contributed by atoms with Crippen molar-refractivity contribution in [2.45, 2.75) is 159 Å². The second-order valence-corrected chi connectivity index (χ2v) is 25.0. The van der Waals surface area contributed by atoms with Crippen molar-refractivity contribution in [3.63, 3.8) is 0 Å². The molecule has 1 spiro atoms. The molecule has 4 atom stereocenters. The summed E-state index contributed by atoms with van der Waals surface area (Å²) in [4.78, 5) is 73.6. The fourth-order valence-electron chi connectivity index (χ4n) is 13.6. The number of hydrogen-bond donors (Lipinski definition) is 2. The highest BCUT2D eigenvalue weighted by Gasteiger charge is 2.48. The average molecular weight is 1070 g/mol. The van der Waals surface area contributed by atoms with E-state index in [-0.39, 0.29) is 42.2 Å². The van der Waals surface area contributed by atoms with Crippen LogP contribution in [0.5, 0.6) is 0 Å². The second-order valence-electron chi connectivity index (χ2n) is 23.8. The first-order valence-corrected chi connectivity index (χ1v) is 29.0. The van der Waals surface area contributed by atoms with Gasteiger partial charge < -0.3 is 25.1 Å². The van der Waals surface area contributed by atoms with E-state index in [1.54, 1.807) is 22.1 Å². The summed E-state index contributed by atoms with van der Waals surface area (Å²) < 4.78 is 3.89. The van der Waals surface area contributed by atoms with Crippen LogP contribution < -0.4 is 10.9 Å². The number of aliphatic hydroxyl groups is 1. The van der Waals surface area contributed by atoms with Crippen molar-refractivity contribution in [3.05, 3.63) is 122 Å². The first kappa shape index (κ1) is 51.0. The van der Waals surface area contributed by atoms with Crippen molar-refractivity contribution in [1.29, 1.82) is 0 Å². The highest BCUT2D eigenvalue weighted by atomic mass is 35.5. The smallest absolute Gasteiger partial charge is 0.282 e. The van der Waals surface area contributed by atoms with Crippen molar-refractivity contribution in [1.82, 2.24) is 49.5 Å². The van der Waals surface area contributed by atoms with E-state index in [0.717, 1.165) is 122 Å². The number of carbonyl (C=O) groups is 3. The average Bonchev–Trinajstić information content (AvgIpc) is 3.91. The van der Waals surface area contributed by atoms with E-state index < -0.39 is 35.6 Å². The van der Waals surface area contributed by atoms with Gasteiger partial charge in [0.15, 0.2) is 0 Å². The number of aromatic nitrogens is 6. The van der Waals surface area contributed by atoms with Crippen LogP contribution in [0.25, 0.3) is 27.0 Å². The van der Waals surface area contributed by atoms with Crippen molar-refractivity contribution in [3.8, 4) is 16.1 Å². The zero-order chi connectivity index (χ0) is 52.6. The highest BCUT2D eigenvalue weighted by molar-refractivity contribution is 7.13. The Labute approximate surface area is 453 Å².